The van der Waals surface area contributed by atoms with Crippen LogP contribution in [0.25, 0.3) is 0 Å². The molecule has 0 amide bonds. The van der Waals surface area contributed by atoms with Gasteiger partial charge >= 0.3 is 0 Å². The molecule has 0 heterocycles. The second kappa shape index (κ2) is 6.60. The van der Waals surface area contributed by atoms with Crippen LogP contribution >= 0.6 is 0 Å². The van der Waals surface area contributed by atoms with E-state index in [1.807, 2.05) is 0 Å². The Hall–Kier alpha value is -0.0900. The molecule has 0 aromatic heterocycles. The third-order valence-corrected chi connectivity index (χ3v) is 5.21. The van der Waals surface area contributed by atoms with Crippen molar-refractivity contribution in [2.45, 2.75) is 52.0 Å². The lowest BCUT2D eigenvalue weighted by molar-refractivity contribution is 0.411. The summed E-state index contributed by atoms with van der Waals surface area (Å²) in [5, 5.41) is 3.32. The maximum Gasteiger partial charge on any atom is 0.151 e. The molecule has 1 atom stereocenters. The van der Waals surface area contributed by atoms with E-state index in [-0.39, 0.29) is 11.5 Å². The Morgan fingerprint density at radius 1 is 1.31 bits per heavy atom. The first-order valence-electron chi connectivity index (χ1n) is 6.47. The standard InChI is InChI=1S/C12H25NO2S/c1-3-16(14,15)9-8-13-11(2)10-12-6-4-5-7-12/h11-13H,3-10H2,1-2H3. The molecule has 0 saturated heterocycles. The van der Waals surface area contributed by atoms with Crippen LogP contribution in [0.2, 0.25) is 0 Å². The largest absolute Gasteiger partial charge is 0.313 e. The first kappa shape index (κ1) is 14.0. The summed E-state index contributed by atoms with van der Waals surface area (Å²) in [4.78, 5) is 0. The summed E-state index contributed by atoms with van der Waals surface area (Å²) >= 11 is 0. The number of nitrogens with one attached hydrogen (secondary N) is 1. The molecule has 4 heteroatoms. The van der Waals surface area contributed by atoms with Gasteiger partial charge in [0.25, 0.3) is 0 Å². The summed E-state index contributed by atoms with van der Waals surface area (Å²) in [5.74, 6) is 1.40. The maximum absolute atomic E-state index is 11.3. The normalized spacial score (nSPS) is 20.1. The SMILES string of the molecule is CCS(=O)(=O)CCNC(C)CC1CCCC1. The zero-order chi connectivity index (χ0) is 12.0. The van der Waals surface area contributed by atoms with Gasteiger partial charge in [0.2, 0.25) is 0 Å². The molecule has 1 N–H and O–H groups in total. The molecule has 1 saturated carbocycles. The van der Waals surface area contributed by atoms with Gasteiger partial charge in [0.15, 0.2) is 9.84 Å². The molecule has 1 aliphatic carbocycles. The fraction of sp³-hybridized carbons (Fsp3) is 1.00. The predicted octanol–water partition coefficient (Wildman–Crippen LogP) is 1.98. The smallest absolute Gasteiger partial charge is 0.151 e. The van der Waals surface area contributed by atoms with Crippen molar-refractivity contribution in [3.05, 3.63) is 0 Å². The minimum atomic E-state index is -2.80. The minimum Gasteiger partial charge on any atom is -0.313 e. The monoisotopic (exact) mass is 247 g/mol. The molecule has 0 aromatic carbocycles. The van der Waals surface area contributed by atoms with Crippen LogP contribution in [0.1, 0.15) is 46.0 Å². The van der Waals surface area contributed by atoms with Crippen molar-refractivity contribution in [2.75, 3.05) is 18.1 Å². The fourth-order valence-corrected chi connectivity index (χ4v) is 3.15. The van der Waals surface area contributed by atoms with Crippen LogP contribution in [0.5, 0.6) is 0 Å². The molecule has 0 aliphatic heterocycles. The molecule has 0 aromatic rings. The maximum atomic E-state index is 11.3. The molecule has 96 valence electrons. The van der Waals surface area contributed by atoms with E-state index in [1.54, 1.807) is 6.92 Å². The van der Waals surface area contributed by atoms with Crippen LogP contribution in [0.4, 0.5) is 0 Å². The van der Waals surface area contributed by atoms with E-state index in [9.17, 15) is 8.42 Å². The molecule has 1 fully saturated rings. The van der Waals surface area contributed by atoms with E-state index in [1.165, 1.54) is 32.1 Å². The van der Waals surface area contributed by atoms with Crippen molar-refractivity contribution in [1.29, 1.82) is 0 Å². The van der Waals surface area contributed by atoms with Gasteiger partial charge in [-0.25, -0.2) is 8.42 Å². The van der Waals surface area contributed by atoms with E-state index in [4.69, 9.17) is 0 Å². The zero-order valence-corrected chi connectivity index (χ0v) is 11.4. The van der Waals surface area contributed by atoms with Crippen molar-refractivity contribution in [1.82, 2.24) is 5.32 Å². The Balaban J connectivity index is 2.12. The van der Waals surface area contributed by atoms with Crippen molar-refractivity contribution in [3.63, 3.8) is 0 Å². The van der Waals surface area contributed by atoms with Gasteiger partial charge in [0, 0.05) is 18.3 Å². The molecule has 0 bridgehead atoms. The highest BCUT2D eigenvalue weighted by Crippen LogP contribution is 2.28. The number of rotatable bonds is 7. The summed E-state index contributed by atoms with van der Waals surface area (Å²) in [6, 6.07) is 0.454. The second-order valence-corrected chi connectivity index (χ2v) is 7.45. The van der Waals surface area contributed by atoms with Gasteiger partial charge in [-0.15, -0.1) is 0 Å². The molecule has 1 aliphatic rings. The van der Waals surface area contributed by atoms with Gasteiger partial charge in [-0.2, -0.15) is 0 Å². The molecular weight excluding hydrogens is 222 g/mol. The first-order valence-corrected chi connectivity index (χ1v) is 8.29. The number of hydrogen-bond acceptors (Lipinski definition) is 3. The molecule has 0 spiro atoms. The molecule has 1 unspecified atom stereocenters. The Bertz CT molecular complexity index is 281. The van der Waals surface area contributed by atoms with Gasteiger partial charge in [-0.3, -0.25) is 0 Å². The summed E-state index contributed by atoms with van der Waals surface area (Å²) < 4.78 is 22.6. The van der Waals surface area contributed by atoms with Gasteiger partial charge in [0.1, 0.15) is 0 Å². The molecular formula is C12H25NO2S. The van der Waals surface area contributed by atoms with Crippen LogP contribution in [0.15, 0.2) is 0 Å². The highest BCUT2D eigenvalue weighted by molar-refractivity contribution is 7.91. The third-order valence-electron chi connectivity index (χ3n) is 3.51. The minimum absolute atomic E-state index is 0.256. The topological polar surface area (TPSA) is 46.2 Å². The Labute approximate surface area is 99.9 Å². The summed E-state index contributed by atoms with van der Waals surface area (Å²) in [7, 11) is -2.80. The molecule has 16 heavy (non-hydrogen) atoms. The third kappa shape index (κ3) is 5.30. The Morgan fingerprint density at radius 3 is 2.50 bits per heavy atom. The van der Waals surface area contributed by atoms with Crippen LogP contribution in [-0.4, -0.2) is 32.5 Å². The van der Waals surface area contributed by atoms with Crippen molar-refractivity contribution >= 4 is 9.84 Å². The summed E-state index contributed by atoms with van der Waals surface area (Å²) in [6.07, 6.45) is 6.67. The van der Waals surface area contributed by atoms with Crippen LogP contribution in [-0.2, 0) is 9.84 Å². The highest BCUT2D eigenvalue weighted by Gasteiger charge is 2.17. The predicted molar refractivity (Wildman–Crippen MR) is 68.4 cm³/mol. The van der Waals surface area contributed by atoms with Crippen molar-refractivity contribution < 1.29 is 8.42 Å². The van der Waals surface area contributed by atoms with Crippen molar-refractivity contribution in [2.24, 2.45) is 5.92 Å². The Morgan fingerprint density at radius 2 is 1.94 bits per heavy atom. The van der Waals surface area contributed by atoms with Gasteiger partial charge in [0.05, 0.1) is 5.75 Å². The van der Waals surface area contributed by atoms with Crippen molar-refractivity contribution in [3.8, 4) is 0 Å². The lowest BCUT2D eigenvalue weighted by Gasteiger charge is -2.17. The zero-order valence-electron chi connectivity index (χ0n) is 10.5. The average Bonchev–Trinajstić information content (AvgIpc) is 2.70. The van der Waals surface area contributed by atoms with E-state index < -0.39 is 9.84 Å². The van der Waals surface area contributed by atoms with Gasteiger partial charge in [-0.05, 0) is 19.3 Å². The van der Waals surface area contributed by atoms with E-state index in [0.717, 1.165) is 5.92 Å². The van der Waals surface area contributed by atoms with Gasteiger partial charge < -0.3 is 5.32 Å². The summed E-state index contributed by atoms with van der Waals surface area (Å²) in [5.41, 5.74) is 0. The number of hydrogen-bond donors (Lipinski definition) is 1. The Kier molecular flexibility index (Phi) is 5.76. The van der Waals surface area contributed by atoms with E-state index in [2.05, 4.69) is 12.2 Å². The van der Waals surface area contributed by atoms with Crippen LogP contribution < -0.4 is 5.32 Å². The lowest BCUT2D eigenvalue weighted by atomic mass is 9.99. The van der Waals surface area contributed by atoms with E-state index in [0.29, 0.717) is 12.6 Å². The molecule has 1 rings (SSSR count). The quantitative estimate of drug-likeness (QED) is 0.748. The lowest BCUT2D eigenvalue weighted by Crippen LogP contribution is -2.32. The first-order chi connectivity index (χ1) is 7.53. The van der Waals surface area contributed by atoms with Crippen LogP contribution in [0, 0.1) is 5.92 Å². The number of sulfone groups is 1. The molecule has 3 nitrogen and oxygen atoms in total. The van der Waals surface area contributed by atoms with Gasteiger partial charge in [-0.1, -0.05) is 32.6 Å². The second-order valence-electron chi connectivity index (χ2n) is 4.98. The molecule has 0 radical (unpaired) electrons. The van der Waals surface area contributed by atoms with E-state index >= 15 is 0 Å². The highest BCUT2D eigenvalue weighted by atomic mass is 32.2. The summed E-state index contributed by atoms with van der Waals surface area (Å²) in [6.45, 7) is 4.47. The average molecular weight is 247 g/mol. The van der Waals surface area contributed by atoms with Crippen LogP contribution in [0.3, 0.4) is 0 Å². The fourth-order valence-electron chi connectivity index (χ4n) is 2.43.